The first-order valence-corrected chi connectivity index (χ1v) is 12.7. The lowest BCUT2D eigenvalue weighted by atomic mass is 10.1. The number of amides is 2. The summed E-state index contributed by atoms with van der Waals surface area (Å²) in [7, 11) is 3.13. The molecule has 192 valence electrons. The molecule has 1 saturated heterocycles. The number of carbonyl (C=O) groups is 2. The second kappa shape index (κ2) is 12.1. The number of hydrogen-bond donors (Lipinski definition) is 1. The predicted molar refractivity (Wildman–Crippen MR) is 145 cm³/mol. The van der Waals surface area contributed by atoms with Crippen LogP contribution in [0.1, 0.15) is 12.0 Å². The molecule has 3 aromatic carbocycles. The van der Waals surface area contributed by atoms with Crippen molar-refractivity contribution in [2.75, 3.05) is 26.1 Å². The molecule has 10 heteroatoms. The summed E-state index contributed by atoms with van der Waals surface area (Å²) in [6.07, 6.45) is 0.537. The van der Waals surface area contributed by atoms with Gasteiger partial charge in [0.1, 0.15) is 11.1 Å². The van der Waals surface area contributed by atoms with E-state index in [4.69, 9.17) is 21.1 Å². The lowest BCUT2D eigenvalue weighted by Crippen LogP contribution is -2.46. The van der Waals surface area contributed by atoms with Gasteiger partial charge in [-0.05, 0) is 72.6 Å². The quantitative estimate of drug-likeness (QED) is 0.396. The van der Waals surface area contributed by atoms with E-state index in [0.717, 1.165) is 5.56 Å². The van der Waals surface area contributed by atoms with Gasteiger partial charge in [0.15, 0.2) is 16.7 Å². The van der Waals surface area contributed by atoms with E-state index in [9.17, 15) is 14.0 Å². The third-order valence-corrected chi connectivity index (χ3v) is 7.11. The molecule has 0 spiro atoms. The third kappa shape index (κ3) is 6.81. The minimum atomic E-state index is -0.681. The molecule has 0 unspecified atom stereocenters. The maximum atomic E-state index is 13.4. The molecule has 1 fully saturated rings. The maximum absolute atomic E-state index is 13.4. The van der Waals surface area contributed by atoms with Crippen molar-refractivity contribution in [3.63, 3.8) is 0 Å². The Morgan fingerprint density at radius 3 is 2.46 bits per heavy atom. The molecule has 1 atom stereocenters. The van der Waals surface area contributed by atoms with Gasteiger partial charge in [0.05, 0.1) is 19.9 Å². The van der Waals surface area contributed by atoms with Gasteiger partial charge in [-0.3, -0.25) is 14.5 Å². The highest BCUT2D eigenvalue weighted by Gasteiger charge is 2.35. The average Bonchev–Trinajstić information content (AvgIpc) is 2.90. The molecule has 3 aromatic rings. The van der Waals surface area contributed by atoms with Crippen molar-refractivity contribution in [1.82, 2.24) is 4.90 Å². The highest BCUT2D eigenvalue weighted by atomic mass is 35.5. The van der Waals surface area contributed by atoms with E-state index < -0.39 is 5.25 Å². The van der Waals surface area contributed by atoms with E-state index in [0.29, 0.717) is 46.0 Å². The number of carbonyl (C=O) groups excluding carboxylic acids is 2. The summed E-state index contributed by atoms with van der Waals surface area (Å²) in [5, 5.41) is 3.08. The molecule has 2 amide bonds. The summed E-state index contributed by atoms with van der Waals surface area (Å²) >= 11 is 7.12. The number of rotatable bonds is 8. The van der Waals surface area contributed by atoms with Gasteiger partial charge in [0, 0.05) is 23.7 Å². The number of amidine groups is 1. The van der Waals surface area contributed by atoms with Crippen LogP contribution in [0.2, 0.25) is 5.02 Å². The smallest absolute Gasteiger partial charge is 0.238 e. The summed E-state index contributed by atoms with van der Waals surface area (Å²) < 4.78 is 24.1. The Morgan fingerprint density at radius 1 is 1.08 bits per heavy atom. The van der Waals surface area contributed by atoms with Gasteiger partial charge in [-0.15, -0.1) is 0 Å². The second-order valence-corrected chi connectivity index (χ2v) is 9.77. The van der Waals surface area contributed by atoms with Crippen molar-refractivity contribution >= 4 is 51.7 Å². The Hall–Kier alpha value is -3.56. The number of methoxy groups -OCH3 is 2. The molecular formula is C27H25ClFN3O4S. The van der Waals surface area contributed by atoms with Crippen LogP contribution in [0.5, 0.6) is 11.5 Å². The molecule has 1 aliphatic heterocycles. The Balaban J connectivity index is 1.55. The number of hydrogen-bond acceptors (Lipinski definition) is 6. The maximum Gasteiger partial charge on any atom is 0.238 e. The van der Waals surface area contributed by atoms with Gasteiger partial charge in [0.25, 0.3) is 0 Å². The van der Waals surface area contributed by atoms with E-state index in [1.54, 1.807) is 43.4 Å². The molecule has 0 radical (unpaired) electrons. The van der Waals surface area contributed by atoms with Crippen molar-refractivity contribution in [2.24, 2.45) is 4.99 Å². The number of anilines is 1. The fraction of sp³-hybridized carbons (Fsp3) is 0.222. The fourth-order valence-electron chi connectivity index (χ4n) is 3.72. The predicted octanol–water partition coefficient (Wildman–Crippen LogP) is 5.70. The van der Waals surface area contributed by atoms with E-state index >= 15 is 0 Å². The summed E-state index contributed by atoms with van der Waals surface area (Å²) in [6, 6.07) is 18.0. The third-order valence-electron chi connectivity index (χ3n) is 5.67. The number of nitrogens with zero attached hydrogens (tertiary/aromatic N) is 2. The lowest BCUT2D eigenvalue weighted by molar-refractivity contribution is -0.129. The van der Waals surface area contributed by atoms with Crippen LogP contribution >= 0.6 is 23.4 Å². The zero-order valence-electron chi connectivity index (χ0n) is 20.2. The minimum Gasteiger partial charge on any atom is -0.493 e. The summed E-state index contributed by atoms with van der Waals surface area (Å²) in [5.74, 6) is 0.285. The summed E-state index contributed by atoms with van der Waals surface area (Å²) in [4.78, 5) is 32.4. The number of nitrogens with one attached hydrogen (secondary N) is 1. The number of aliphatic imine (C=N–C) groups is 1. The largest absolute Gasteiger partial charge is 0.493 e. The van der Waals surface area contributed by atoms with Crippen molar-refractivity contribution in [3.05, 3.63) is 83.1 Å². The van der Waals surface area contributed by atoms with Crippen LogP contribution in [-0.4, -0.2) is 47.9 Å². The van der Waals surface area contributed by atoms with E-state index in [1.807, 2.05) is 18.2 Å². The van der Waals surface area contributed by atoms with Crippen LogP contribution < -0.4 is 14.8 Å². The Kier molecular flexibility index (Phi) is 8.68. The van der Waals surface area contributed by atoms with Crippen LogP contribution in [0.3, 0.4) is 0 Å². The van der Waals surface area contributed by atoms with Gasteiger partial charge in [-0.1, -0.05) is 29.4 Å². The van der Waals surface area contributed by atoms with Crippen molar-refractivity contribution in [3.8, 4) is 11.5 Å². The molecule has 1 aliphatic rings. The topological polar surface area (TPSA) is 80.2 Å². The number of benzene rings is 3. The van der Waals surface area contributed by atoms with Gasteiger partial charge >= 0.3 is 0 Å². The average molecular weight is 542 g/mol. The van der Waals surface area contributed by atoms with E-state index in [2.05, 4.69) is 10.3 Å². The van der Waals surface area contributed by atoms with E-state index in [1.165, 1.54) is 36.0 Å². The summed E-state index contributed by atoms with van der Waals surface area (Å²) in [5.41, 5.74) is 2.00. The number of ether oxygens (including phenoxy) is 2. The molecule has 1 N–H and O–H groups in total. The first kappa shape index (κ1) is 26.5. The van der Waals surface area contributed by atoms with Crippen molar-refractivity contribution < 1.29 is 23.5 Å². The SMILES string of the molecule is COc1ccc(CCN2C(=O)C[C@@H](C(=O)Nc3ccc(Cl)cc3)SC2=Nc2ccc(F)cc2)cc1OC. The Morgan fingerprint density at radius 2 is 1.78 bits per heavy atom. The van der Waals surface area contributed by atoms with Crippen LogP contribution in [0.15, 0.2) is 71.7 Å². The number of thioether (sulfide) groups is 1. The Labute approximate surface area is 223 Å². The first-order chi connectivity index (χ1) is 17.9. The molecule has 0 aliphatic carbocycles. The summed E-state index contributed by atoms with van der Waals surface area (Å²) in [6.45, 7) is 0.340. The highest BCUT2D eigenvalue weighted by Crippen LogP contribution is 2.31. The van der Waals surface area contributed by atoms with Crippen molar-refractivity contribution in [2.45, 2.75) is 18.1 Å². The molecule has 4 rings (SSSR count). The molecule has 1 heterocycles. The second-order valence-electron chi connectivity index (χ2n) is 8.16. The van der Waals surface area contributed by atoms with Crippen LogP contribution in [0.25, 0.3) is 0 Å². The molecule has 0 aromatic heterocycles. The van der Waals surface area contributed by atoms with Gasteiger partial charge in [-0.25, -0.2) is 9.38 Å². The van der Waals surface area contributed by atoms with Crippen molar-refractivity contribution in [1.29, 1.82) is 0 Å². The first-order valence-electron chi connectivity index (χ1n) is 11.4. The standard InChI is InChI=1S/C27H25ClFN3O4S/c1-35-22-12-3-17(15-23(22)36-2)13-14-32-25(33)16-24(26(34)30-20-8-4-18(28)5-9-20)37-27(32)31-21-10-6-19(29)7-11-21/h3-12,15,24H,13-14,16H2,1-2H3,(H,30,34)/t24-/m0/s1. The molecular weight excluding hydrogens is 517 g/mol. The fourth-order valence-corrected chi connectivity index (χ4v) is 4.97. The van der Waals surface area contributed by atoms with Gasteiger partial charge in [-0.2, -0.15) is 0 Å². The number of halogens is 2. The monoisotopic (exact) mass is 541 g/mol. The normalized spacial score (nSPS) is 16.5. The highest BCUT2D eigenvalue weighted by molar-refractivity contribution is 8.15. The van der Waals surface area contributed by atoms with Gasteiger partial charge in [0.2, 0.25) is 11.8 Å². The Bertz CT molecular complexity index is 1300. The van der Waals surface area contributed by atoms with Gasteiger partial charge < -0.3 is 14.8 Å². The minimum absolute atomic E-state index is 0.0124. The molecule has 7 nitrogen and oxygen atoms in total. The van der Waals surface area contributed by atoms with Crippen LogP contribution in [0.4, 0.5) is 15.8 Å². The zero-order chi connectivity index (χ0) is 26.4. The molecule has 0 bridgehead atoms. The molecule has 37 heavy (non-hydrogen) atoms. The van der Waals surface area contributed by atoms with Crippen LogP contribution in [-0.2, 0) is 16.0 Å². The lowest BCUT2D eigenvalue weighted by Gasteiger charge is -2.32. The zero-order valence-corrected chi connectivity index (χ0v) is 21.8. The van der Waals surface area contributed by atoms with E-state index in [-0.39, 0.29) is 24.1 Å². The molecule has 0 saturated carbocycles. The van der Waals surface area contributed by atoms with Crippen LogP contribution in [0, 0.1) is 5.82 Å².